The van der Waals surface area contributed by atoms with Crippen molar-refractivity contribution >= 4 is 40.9 Å². The topological polar surface area (TPSA) is 32.3 Å². The first-order valence-corrected chi connectivity index (χ1v) is 6.50. The van der Waals surface area contributed by atoms with Crippen molar-refractivity contribution in [1.29, 1.82) is 0 Å². The van der Waals surface area contributed by atoms with Crippen molar-refractivity contribution in [2.75, 3.05) is 20.1 Å². The van der Waals surface area contributed by atoms with E-state index in [9.17, 15) is 4.79 Å². The van der Waals surface area contributed by atoms with Gasteiger partial charge in [-0.1, -0.05) is 6.07 Å². The summed E-state index contributed by atoms with van der Waals surface area (Å²) in [6, 6.07) is 8.21. The second kappa shape index (κ2) is 6.56. The summed E-state index contributed by atoms with van der Waals surface area (Å²) in [7, 11) is 1.95. The predicted octanol–water partition coefficient (Wildman–Crippen LogP) is 2.15. The van der Waals surface area contributed by atoms with Crippen molar-refractivity contribution in [2.45, 2.75) is 12.5 Å². The zero-order chi connectivity index (χ0) is 11.5. The Bertz CT molecular complexity index is 400. The Labute approximate surface area is 122 Å². The molecule has 1 N–H and O–H groups in total. The van der Waals surface area contributed by atoms with Crippen LogP contribution in [-0.4, -0.2) is 37.0 Å². The van der Waals surface area contributed by atoms with E-state index < -0.39 is 0 Å². The molecule has 1 fully saturated rings. The lowest BCUT2D eigenvalue weighted by atomic mass is 10.2. The SMILES string of the molecule is CNC1CCN(C(=O)c2cccc(I)c2)C1.Cl. The third-order valence-corrected chi connectivity index (χ3v) is 3.63. The van der Waals surface area contributed by atoms with Gasteiger partial charge in [0.15, 0.2) is 0 Å². The average molecular weight is 367 g/mol. The summed E-state index contributed by atoms with van der Waals surface area (Å²) in [5.74, 6) is 0.149. The van der Waals surface area contributed by atoms with Crippen LogP contribution < -0.4 is 5.32 Å². The average Bonchev–Trinajstić information content (AvgIpc) is 2.76. The highest BCUT2D eigenvalue weighted by Crippen LogP contribution is 2.15. The molecule has 0 aliphatic carbocycles. The molecule has 0 aromatic heterocycles. The number of halogens is 2. The van der Waals surface area contributed by atoms with Gasteiger partial charge in [0.05, 0.1) is 0 Å². The number of nitrogens with one attached hydrogen (secondary N) is 1. The third-order valence-electron chi connectivity index (χ3n) is 2.96. The summed E-state index contributed by atoms with van der Waals surface area (Å²) in [4.78, 5) is 14.1. The molecule has 1 aromatic rings. The maximum Gasteiger partial charge on any atom is 0.253 e. The summed E-state index contributed by atoms with van der Waals surface area (Å²) in [5, 5.41) is 3.22. The van der Waals surface area contributed by atoms with Crippen LogP contribution in [0.5, 0.6) is 0 Å². The van der Waals surface area contributed by atoms with E-state index in [1.165, 1.54) is 0 Å². The van der Waals surface area contributed by atoms with Gasteiger partial charge in [-0.05, 0) is 54.3 Å². The lowest BCUT2D eigenvalue weighted by molar-refractivity contribution is 0.0789. The molecule has 1 aliphatic rings. The van der Waals surface area contributed by atoms with E-state index in [-0.39, 0.29) is 18.3 Å². The fraction of sp³-hybridized carbons (Fsp3) is 0.417. The highest BCUT2D eigenvalue weighted by atomic mass is 127. The van der Waals surface area contributed by atoms with Crippen LogP contribution in [0.1, 0.15) is 16.8 Å². The van der Waals surface area contributed by atoms with E-state index in [0.717, 1.165) is 28.6 Å². The Morgan fingerprint density at radius 3 is 2.88 bits per heavy atom. The highest BCUT2D eigenvalue weighted by Gasteiger charge is 2.25. The van der Waals surface area contributed by atoms with Crippen LogP contribution in [0.3, 0.4) is 0 Å². The maximum absolute atomic E-state index is 12.2. The largest absolute Gasteiger partial charge is 0.337 e. The van der Waals surface area contributed by atoms with Crippen LogP contribution >= 0.6 is 35.0 Å². The molecule has 94 valence electrons. The van der Waals surface area contributed by atoms with Gasteiger partial charge < -0.3 is 10.2 Å². The Hall–Kier alpha value is -0.330. The molecule has 5 heteroatoms. The molecule has 0 bridgehead atoms. The molecular formula is C12H16ClIN2O. The summed E-state index contributed by atoms with van der Waals surface area (Å²) < 4.78 is 1.10. The van der Waals surface area contributed by atoms with Gasteiger partial charge in [-0.25, -0.2) is 0 Å². The van der Waals surface area contributed by atoms with Crippen molar-refractivity contribution in [2.24, 2.45) is 0 Å². The van der Waals surface area contributed by atoms with Gasteiger partial charge >= 0.3 is 0 Å². The van der Waals surface area contributed by atoms with Gasteiger partial charge in [0, 0.05) is 28.3 Å². The quantitative estimate of drug-likeness (QED) is 0.814. The first kappa shape index (κ1) is 14.7. The first-order chi connectivity index (χ1) is 7.70. The lowest BCUT2D eigenvalue weighted by Gasteiger charge is -2.16. The molecule has 2 rings (SSSR count). The zero-order valence-electron chi connectivity index (χ0n) is 9.65. The zero-order valence-corrected chi connectivity index (χ0v) is 12.6. The van der Waals surface area contributed by atoms with Gasteiger partial charge in [0.1, 0.15) is 0 Å². The van der Waals surface area contributed by atoms with Crippen LogP contribution in [0.15, 0.2) is 24.3 Å². The van der Waals surface area contributed by atoms with Crippen LogP contribution in [0, 0.1) is 3.57 Å². The number of carbonyl (C=O) groups is 1. The van der Waals surface area contributed by atoms with Crippen molar-refractivity contribution < 1.29 is 4.79 Å². The van der Waals surface area contributed by atoms with E-state index in [4.69, 9.17) is 0 Å². The molecule has 17 heavy (non-hydrogen) atoms. The van der Waals surface area contributed by atoms with Gasteiger partial charge in [-0.15, -0.1) is 12.4 Å². The van der Waals surface area contributed by atoms with Gasteiger partial charge in [-0.2, -0.15) is 0 Å². The summed E-state index contributed by atoms with van der Waals surface area (Å²) in [6.07, 6.45) is 1.05. The fourth-order valence-electron chi connectivity index (χ4n) is 1.98. The van der Waals surface area contributed by atoms with Crippen molar-refractivity contribution in [1.82, 2.24) is 10.2 Å². The van der Waals surface area contributed by atoms with Crippen molar-refractivity contribution in [3.8, 4) is 0 Å². The second-order valence-corrected chi connectivity index (χ2v) is 5.28. The normalized spacial score (nSPS) is 18.9. The molecule has 1 aliphatic heterocycles. The Morgan fingerprint density at radius 2 is 2.29 bits per heavy atom. The van der Waals surface area contributed by atoms with E-state index in [1.54, 1.807) is 0 Å². The van der Waals surface area contributed by atoms with Gasteiger partial charge in [0.2, 0.25) is 0 Å². The Morgan fingerprint density at radius 1 is 1.53 bits per heavy atom. The van der Waals surface area contributed by atoms with Gasteiger partial charge in [-0.3, -0.25) is 4.79 Å². The standard InChI is InChI=1S/C12H15IN2O.ClH/c1-14-11-5-6-15(8-11)12(16)9-3-2-4-10(13)7-9;/h2-4,7,11,14H,5-6,8H2,1H3;1H. The number of likely N-dealkylation sites (tertiary alicyclic amines) is 1. The molecular weight excluding hydrogens is 351 g/mol. The molecule has 1 amide bonds. The third kappa shape index (κ3) is 3.56. The molecule has 1 atom stereocenters. The van der Waals surface area contributed by atoms with Crippen molar-refractivity contribution in [3.05, 3.63) is 33.4 Å². The van der Waals surface area contributed by atoms with E-state index in [0.29, 0.717) is 6.04 Å². The predicted molar refractivity (Wildman–Crippen MR) is 79.8 cm³/mol. The summed E-state index contributed by atoms with van der Waals surface area (Å²) in [5.41, 5.74) is 0.795. The monoisotopic (exact) mass is 366 g/mol. The highest BCUT2D eigenvalue weighted by molar-refractivity contribution is 14.1. The van der Waals surface area contributed by atoms with Gasteiger partial charge in [0.25, 0.3) is 5.91 Å². The number of likely N-dealkylation sites (N-methyl/N-ethyl adjacent to an activating group) is 1. The lowest BCUT2D eigenvalue weighted by Crippen LogP contribution is -2.33. The molecule has 1 unspecified atom stereocenters. The first-order valence-electron chi connectivity index (χ1n) is 5.43. The van der Waals surface area contributed by atoms with Crippen molar-refractivity contribution in [3.63, 3.8) is 0 Å². The maximum atomic E-state index is 12.2. The number of hydrogen-bond donors (Lipinski definition) is 1. The van der Waals surface area contributed by atoms with Crippen LogP contribution in [-0.2, 0) is 0 Å². The van der Waals surface area contributed by atoms with Crippen LogP contribution in [0.25, 0.3) is 0 Å². The molecule has 0 saturated carbocycles. The second-order valence-electron chi connectivity index (χ2n) is 4.04. The van der Waals surface area contributed by atoms with Crippen LogP contribution in [0.4, 0.5) is 0 Å². The fourth-order valence-corrected chi connectivity index (χ4v) is 2.53. The summed E-state index contributed by atoms with van der Waals surface area (Å²) in [6.45, 7) is 1.68. The Balaban J connectivity index is 0.00000144. The number of rotatable bonds is 2. The molecule has 1 heterocycles. The number of nitrogens with zero attached hydrogens (tertiary/aromatic N) is 1. The van der Waals surface area contributed by atoms with Crippen LogP contribution in [0.2, 0.25) is 0 Å². The molecule has 0 radical (unpaired) electrons. The minimum atomic E-state index is 0. The smallest absolute Gasteiger partial charge is 0.253 e. The van der Waals surface area contributed by atoms with E-state index >= 15 is 0 Å². The molecule has 1 saturated heterocycles. The molecule has 1 aromatic carbocycles. The van der Waals surface area contributed by atoms with E-state index in [1.807, 2.05) is 36.2 Å². The number of amides is 1. The number of hydrogen-bond acceptors (Lipinski definition) is 2. The minimum Gasteiger partial charge on any atom is -0.337 e. The minimum absolute atomic E-state index is 0. The van der Waals surface area contributed by atoms with E-state index in [2.05, 4.69) is 27.9 Å². The number of carbonyl (C=O) groups excluding carboxylic acids is 1. The number of benzene rings is 1. The summed E-state index contributed by atoms with van der Waals surface area (Å²) >= 11 is 2.23. The molecule has 0 spiro atoms. The molecule has 3 nitrogen and oxygen atoms in total. The Kier molecular flexibility index (Phi) is 5.69.